The minimum atomic E-state index is -0.438. The molecule has 2 fully saturated rings. The number of hydrogen-bond donors (Lipinski definition) is 1. The van der Waals surface area contributed by atoms with Gasteiger partial charge in [0.2, 0.25) is 0 Å². The third kappa shape index (κ3) is 3.11. The Labute approximate surface area is 153 Å². The van der Waals surface area contributed by atoms with E-state index in [1.165, 1.54) is 37.7 Å². The first kappa shape index (κ1) is 16.7. The maximum absolute atomic E-state index is 9.45. The molecule has 0 radical (unpaired) electrons. The van der Waals surface area contributed by atoms with Gasteiger partial charge >= 0.3 is 0 Å². The predicted octanol–water partition coefficient (Wildman–Crippen LogP) is 3.94. The number of aromatic nitrogens is 3. The molecule has 1 N–H and O–H groups in total. The summed E-state index contributed by atoms with van der Waals surface area (Å²) in [6.07, 6.45) is 10.1. The van der Waals surface area contributed by atoms with Gasteiger partial charge in [0.05, 0.1) is 17.8 Å². The highest BCUT2D eigenvalue weighted by Gasteiger charge is 2.48. The van der Waals surface area contributed by atoms with Gasteiger partial charge in [-0.15, -0.1) is 5.10 Å². The van der Waals surface area contributed by atoms with Crippen LogP contribution >= 0.6 is 11.3 Å². The van der Waals surface area contributed by atoms with Crippen molar-refractivity contribution in [2.75, 3.05) is 0 Å². The first-order chi connectivity index (χ1) is 12.2. The molecule has 0 saturated heterocycles. The van der Waals surface area contributed by atoms with Crippen molar-refractivity contribution in [2.45, 2.75) is 69.5 Å². The molecule has 25 heavy (non-hydrogen) atoms. The lowest BCUT2D eigenvalue weighted by molar-refractivity contribution is 0.170. The van der Waals surface area contributed by atoms with E-state index in [0.29, 0.717) is 5.92 Å². The molecule has 0 amide bonds. The number of nitriles is 1. The Kier molecular flexibility index (Phi) is 4.38. The Balaban J connectivity index is 1.61. The van der Waals surface area contributed by atoms with E-state index in [1.807, 2.05) is 6.20 Å². The van der Waals surface area contributed by atoms with E-state index in [4.69, 9.17) is 0 Å². The van der Waals surface area contributed by atoms with Crippen molar-refractivity contribution < 1.29 is 0 Å². The van der Waals surface area contributed by atoms with Crippen LogP contribution < -0.4 is 5.32 Å². The monoisotopic (exact) mass is 355 g/mol. The smallest absolute Gasteiger partial charge is 0.150 e. The van der Waals surface area contributed by atoms with E-state index in [9.17, 15) is 5.26 Å². The van der Waals surface area contributed by atoms with Gasteiger partial charge in [-0.05, 0) is 60.9 Å². The fraction of sp³-hybridized carbons (Fsp3) is 0.632. The van der Waals surface area contributed by atoms with Gasteiger partial charge in [-0.3, -0.25) is 0 Å². The molecular formula is C19H25N5S. The zero-order valence-electron chi connectivity index (χ0n) is 14.7. The van der Waals surface area contributed by atoms with E-state index in [0.717, 1.165) is 25.1 Å². The molecule has 2 aliphatic rings. The first-order valence-corrected chi connectivity index (χ1v) is 10.2. The van der Waals surface area contributed by atoms with Crippen molar-refractivity contribution in [3.63, 3.8) is 0 Å². The number of thiophene rings is 1. The lowest BCUT2D eigenvalue weighted by Crippen LogP contribution is -2.46. The topological polar surface area (TPSA) is 66.5 Å². The molecule has 132 valence electrons. The Bertz CT molecular complexity index is 749. The highest BCUT2D eigenvalue weighted by molar-refractivity contribution is 7.07. The van der Waals surface area contributed by atoms with E-state index in [2.05, 4.69) is 45.4 Å². The molecule has 2 aromatic rings. The van der Waals surface area contributed by atoms with Crippen LogP contribution in [-0.4, -0.2) is 15.0 Å². The van der Waals surface area contributed by atoms with Gasteiger partial charge in [0, 0.05) is 6.54 Å². The zero-order chi connectivity index (χ0) is 17.3. The number of rotatable bonds is 6. The lowest BCUT2D eigenvalue weighted by Gasteiger charge is -2.39. The molecule has 1 atom stereocenters. The third-order valence-electron chi connectivity index (χ3n) is 6.06. The van der Waals surface area contributed by atoms with Gasteiger partial charge in [0.1, 0.15) is 5.69 Å². The normalized spacial score (nSPS) is 22.2. The van der Waals surface area contributed by atoms with Crippen LogP contribution in [0.4, 0.5) is 0 Å². The molecule has 0 aromatic carbocycles. The molecule has 5 nitrogen and oxygen atoms in total. The maximum Gasteiger partial charge on any atom is 0.150 e. The largest absolute Gasteiger partial charge is 0.302 e. The summed E-state index contributed by atoms with van der Waals surface area (Å²) in [5.41, 5.74) is 1.66. The van der Waals surface area contributed by atoms with Crippen molar-refractivity contribution in [3.05, 3.63) is 34.3 Å². The van der Waals surface area contributed by atoms with Crippen LogP contribution in [0.3, 0.4) is 0 Å². The highest BCUT2D eigenvalue weighted by Crippen LogP contribution is 2.44. The average Bonchev–Trinajstić information content (AvgIpc) is 3.05. The fourth-order valence-electron chi connectivity index (χ4n) is 4.02. The van der Waals surface area contributed by atoms with Crippen molar-refractivity contribution in [3.8, 4) is 6.07 Å². The SMILES string of the molecule is C[C@@](NCc1ccsc1)(c1cn(C2(C#N)CC2)nn1)C1CCCCC1. The van der Waals surface area contributed by atoms with Crippen molar-refractivity contribution in [2.24, 2.45) is 5.92 Å². The van der Waals surface area contributed by atoms with Crippen LogP contribution in [0, 0.1) is 17.2 Å². The van der Waals surface area contributed by atoms with Crippen LogP contribution in [0.2, 0.25) is 0 Å². The average molecular weight is 356 g/mol. The summed E-state index contributed by atoms with van der Waals surface area (Å²) >= 11 is 1.73. The van der Waals surface area contributed by atoms with Gasteiger partial charge in [-0.2, -0.15) is 16.6 Å². The standard InChI is InChI=1S/C19H25N5S/c1-18(16-5-3-2-4-6-16,21-11-15-7-10-25-13-15)17-12-24(23-22-17)19(14-20)8-9-19/h7,10,12-13,16,21H,2-6,8-9,11H2,1H3/t18-/m0/s1. The Hall–Kier alpha value is -1.71. The number of nitrogens with one attached hydrogen (secondary N) is 1. The minimum Gasteiger partial charge on any atom is -0.302 e. The molecule has 0 aliphatic heterocycles. The lowest BCUT2D eigenvalue weighted by atomic mass is 9.74. The van der Waals surface area contributed by atoms with E-state index in [-0.39, 0.29) is 5.54 Å². The van der Waals surface area contributed by atoms with Gasteiger partial charge in [0.25, 0.3) is 0 Å². The summed E-state index contributed by atoms with van der Waals surface area (Å²) in [6, 6.07) is 4.58. The molecule has 6 heteroatoms. The van der Waals surface area contributed by atoms with Crippen molar-refractivity contribution in [1.82, 2.24) is 20.3 Å². The Morgan fingerprint density at radius 3 is 2.84 bits per heavy atom. The summed E-state index contributed by atoms with van der Waals surface area (Å²) in [5.74, 6) is 0.558. The highest BCUT2D eigenvalue weighted by atomic mass is 32.1. The van der Waals surface area contributed by atoms with Gasteiger partial charge in [-0.1, -0.05) is 24.5 Å². The fourth-order valence-corrected chi connectivity index (χ4v) is 4.69. The van der Waals surface area contributed by atoms with Gasteiger partial charge in [0.15, 0.2) is 5.54 Å². The second-order valence-corrected chi connectivity index (χ2v) is 8.49. The summed E-state index contributed by atoms with van der Waals surface area (Å²) in [7, 11) is 0. The van der Waals surface area contributed by atoms with Crippen LogP contribution in [-0.2, 0) is 17.6 Å². The molecule has 2 heterocycles. The van der Waals surface area contributed by atoms with Crippen LogP contribution in [0.15, 0.2) is 23.0 Å². The second kappa shape index (κ2) is 6.54. The molecule has 0 bridgehead atoms. The predicted molar refractivity (Wildman–Crippen MR) is 97.9 cm³/mol. The Morgan fingerprint density at radius 1 is 1.40 bits per heavy atom. The summed E-state index contributed by atoms with van der Waals surface area (Å²) < 4.78 is 1.80. The first-order valence-electron chi connectivity index (χ1n) is 9.27. The third-order valence-corrected chi connectivity index (χ3v) is 6.79. The van der Waals surface area contributed by atoms with E-state index < -0.39 is 5.54 Å². The second-order valence-electron chi connectivity index (χ2n) is 7.71. The van der Waals surface area contributed by atoms with Crippen LogP contribution in [0.25, 0.3) is 0 Å². The molecular weight excluding hydrogens is 330 g/mol. The van der Waals surface area contributed by atoms with Crippen LogP contribution in [0.1, 0.15) is 63.1 Å². The minimum absolute atomic E-state index is 0.202. The molecule has 2 aromatic heterocycles. The summed E-state index contributed by atoms with van der Waals surface area (Å²) in [5, 5.41) is 26.4. The zero-order valence-corrected chi connectivity index (χ0v) is 15.6. The van der Waals surface area contributed by atoms with E-state index in [1.54, 1.807) is 16.0 Å². The molecule has 4 rings (SSSR count). The van der Waals surface area contributed by atoms with Crippen molar-refractivity contribution in [1.29, 1.82) is 5.26 Å². The Morgan fingerprint density at radius 2 is 2.20 bits per heavy atom. The molecule has 2 aliphatic carbocycles. The van der Waals surface area contributed by atoms with E-state index >= 15 is 0 Å². The summed E-state index contributed by atoms with van der Waals surface area (Å²) in [4.78, 5) is 0. The molecule has 0 unspecified atom stereocenters. The number of nitrogens with zero attached hydrogens (tertiary/aromatic N) is 4. The maximum atomic E-state index is 9.45. The quantitative estimate of drug-likeness (QED) is 0.852. The number of hydrogen-bond acceptors (Lipinski definition) is 5. The van der Waals surface area contributed by atoms with Crippen molar-refractivity contribution >= 4 is 11.3 Å². The molecule has 2 saturated carbocycles. The summed E-state index contributed by atoms with van der Waals surface area (Å²) in [6.45, 7) is 3.11. The van der Waals surface area contributed by atoms with Gasteiger partial charge < -0.3 is 5.32 Å². The molecule has 0 spiro atoms. The van der Waals surface area contributed by atoms with Crippen LogP contribution in [0.5, 0.6) is 0 Å². The van der Waals surface area contributed by atoms with Gasteiger partial charge in [-0.25, -0.2) is 4.68 Å².